The van der Waals surface area contributed by atoms with E-state index in [9.17, 15) is 13.2 Å². The van der Waals surface area contributed by atoms with Crippen LogP contribution in [0.1, 0.15) is 39.7 Å². The molecule has 1 amide bonds. The molecule has 0 unspecified atom stereocenters. The molecule has 0 saturated carbocycles. The monoisotopic (exact) mass is 465 g/mol. The average molecular weight is 466 g/mol. The fraction of sp³-hybridized carbons (Fsp3) is 0.435. The van der Waals surface area contributed by atoms with E-state index < -0.39 is 10.0 Å². The van der Waals surface area contributed by atoms with Crippen molar-refractivity contribution in [2.24, 2.45) is 5.92 Å². The molecule has 0 aromatic heterocycles. The van der Waals surface area contributed by atoms with Gasteiger partial charge in [0.1, 0.15) is 0 Å². The summed E-state index contributed by atoms with van der Waals surface area (Å²) in [6, 6.07) is 11.7. The first-order valence-electron chi connectivity index (χ1n) is 10.4. The molecule has 0 saturated heterocycles. The maximum atomic E-state index is 13.5. The highest BCUT2D eigenvalue weighted by atomic mass is 35.5. The van der Waals surface area contributed by atoms with Gasteiger partial charge in [0, 0.05) is 49.0 Å². The molecule has 0 aliphatic rings. The van der Waals surface area contributed by atoms with Crippen LogP contribution >= 0.6 is 11.6 Å². The minimum atomic E-state index is -3.78. The summed E-state index contributed by atoms with van der Waals surface area (Å²) < 4.78 is 28.5. The highest BCUT2D eigenvalue weighted by molar-refractivity contribution is 7.89. The largest absolute Gasteiger partial charge is 0.377 e. The Morgan fingerprint density at radius 1 is 1.10 bits per heavy atom. The van der Waals surface area contributed by atoms with Gasteiger partial charge in [-0.1, -0.05) is 38.4 Å². The van der Waals surface area contributed by atoms with Gasteiger partial charge in [-0.25, -0.2) is 8.42 Å². The Morgan fingerprint density at radius 3 is 2.32 bits per heavy atom. The highest BCUT2D eigenvalue weighted by Gasteiger charge is 2.29. The summed E-state index contributed by atoms with van der Waals surface area (Å²) in [4.78, 5) is 14.3. The van der Waals surface area contributed by atoms with Crippen LogP contribution in [0.3, 0.4) is 0 Å². The summed E-state index contributed by atoms with van der Waals surface area (Å²) in [7, 11) is 0.0321. The van der Waals surface area contributed by atoms with Crippen LogP contribution in [-0.4, -0.2) is 38.8 Å². The Labute approximate surface area is 191 Å². The molecule has 0 aliphatic carbocycles. The first-order valence-corrected chi connectivity index (χ1v) is 12.2. The SMILES string of the molecule is CC[C@H](C)N(Cc1cc(NC(=O)C(C)C)ccc1N(C)C)S(=O)(=O)c1cccc(Cl)c1. The van der Waals surface area contributed by atoms with Crippen molar-refractivity contribution in [3.05, 3.63) is 53.1 Å². The molecular formula is C23H32ClN3O3S. The first kappa shape index (κ1) is 25.2. The number of carbonyl (C=O) groups is 1. The maximum Gasteiger partial charge on any atom is 0.243 e. The second kappa shape index (κ2) is 10.5. The summed E-state index contributed by atoms with van der Waals surface area (Å²) in [6.45, 7) is 7.67. The van der Waals surface area contributed by atoms with Crippen LogP contribution < -0.4 is 10.2 Å². The maximum absolute atomic E-state index is 13.5. The molecule has 0 radical (unpaired) electrons. The Kier molecular flexibility index (Phi) is 8.51. The molecule has 2 rings (SSSR count). The van der Waals surface area contributed by atoms with Gasteiger partial charge in [0.25, 0.3) is 0 Å². The van der Waals surface area contributed by atoms with Crippen molar-refractivity contribution < 1.29 is 13.2 Å². The number of amides is 1. The number of anilines is 2. The number of nitrogens with one attached hydrogen (secondary N) is 1. The van der Waals surface area contributed by atoms with Gasteiger partial charge >= 0.3 is 0 Å². The number of rotatable bonds is 9. The fourth-order valence-corrected chi connectivity index (χ4v) is 5.11. The van der Waals surface area contributed by atoms with Crippen molar-refractivity contribution in [1.29, 1.82) is 0 Å². The van der Waals surface area contributed by atoms with Crippen LogP contribution in [-0.2, 0) is 21.4 Å². The van der Waals surface area contributed by atoms with Crippen LogP contribution in [0, 0.1) is 5.92 Å². The summed E-state index contributed by atoms with van der Waals surface area (Å²) in [5, 5.41) is 3.27. The summed E-state index contributed by atoms with van der Waals surface area (Å²) in [5.41, 5.74) is 2.33. The van der Waals surface area contributed by atoms with E-state index in [4.69, 9.17) is 11.6 Å². The van der Waals surface area contributed by atoms with Gasteiger partial charge in [-0.3, -0.25) is 4.79 Å². The zero-order chi connectivity index (χ0) is 23.3. The van der Waals surface area contributed by atoms with Crippen molar-refractivity contribution in [2.75, 3.05) is 24.3 Å². The van der Waals surface area contributed by atoms with Gasteiger partial charge in [0.15, 0.2) is 0 Å². The molecular weight excluding hydrogens is 434 g/mol. The molecule has 2 aromatic rings. The third kappa shape index (κ3) is 6.21. The van der Waals surface area contributed by atoms with E-state index in [2.05, 4.69) is 5.32 Å². The second-order valence-electron chi connectivity index (χ2n) is 8.15. The predicted octanol–water partition coefficient (Wildman–Crippen LogP) is 4.99. The lowest BCUT2D eigenvalue weighted by molar-refractivity contribution is -0.118. The van der Waals surface area contributed by atoms with Crippen molar-refractivity contribution in [2.45, 2.75) is 51.6 Å². The number of halogens is 1. The molecule has 0 fully saturated rings. The Hall–Kier alpha value is -2.09. The normalized spacial score (nSPS) is 12.8. The Balaban J connectivity index is 2.52. The molecule has 0 spiro atoms. The van der Waals surface area contributed by atoms with E-state index in [0.29, 0.717) is 17.1 Å². The minimum Gasteiger partial charge on any atom is -0.377 e. The van der Waals surface area contributed by atoms with Gasteiger partial charge in [-0.15, -0.1) is 0 Å². The molecule has 0 aliphatic heterocycles. The molecule has 31 heavy (non-hydrogen) atoms. The van der Waals surface area contributed by atoms with Crippen LogP contribution in [0.2, 0.25) is 5.02 Å². The molecule has 2 aromatic carbocycles. The van der Waals surface area contributed by atoms with E-state index >= 15 is 0 Å². The van der Waals surface area contributed by atoms with Crippen molar-refractivity contribution >= 4 is 38.9 Å². The molecule has 1 atom stereocenters. The lowest BCUT2D eigenvalue weighted by atomic mass is 10.1. The number of sulfonamides is 1. The number of hydrogen-bond acceptors (Lipinski definition) is 4. The van der Waals surface area contributed by atoms with E-state index in [1.165, 1.54) is 10.4 Å². The smallest absolute Gasteiger partial charge is 0.243 e. The van der Waals surface area contributed by atoms with Gasteiger partial charge in [0.05, 0.1) is 4.90 Å². The van der Waals surface area contributed by atoms with Gasteiger partial charge in [-0.05, 0) is 55.3 Å². The number of hydrogen-bond donors (Lipinski definition) is 1. The summed E-state index contributed by atoms with van der Waals surface area (Å²) in [6.07, 6.45) is 0.654. The third-order valence-electron chi connectivity index (χ3n) is 5.16. The molecule has 170 valence electrons. The molecule has 0 bridgehead atoms. The molecule has 1 N–H and O–H groups in total. The standard InChI is InChI=1S/C23H32ClN3O3S/c1-7-17(4)27(31(29,30)21-10-8-9-19(24)14-21)15-18-13-20(25-23(28)16(2)3)11-12-22(18)26(5)6/h8-14,16-17H,7,15H2,1-6H3,(H,25,28)/t17-/m0/s1. The van der Waals surface area contributed by atoms with Crippen LogP contribution in [0.15, 0.2) is 47.4 Å². The Morgan fingerprint density at radius 2 is 1.77 bits per heavy atom. The van der Waals surface area contributed by atoms with E-state index in [1.54, 1.807) is 18.2 Å². The minimum absolute atomic E-state index is 0.0890. The zero-order valence-corrected chi connectivity index (χ0v) is 20.6. The zero-order valence-electron chi connectivity index (χ0n) is 19.0. The Bertz CT molecular complexity index is 1020. The highest BCUT2D eigenvalue weighted by Crippen LogP contribution is 2.29. The number of carbonyl (C=O) groups excluding carboxylic acids is 1. The second-order valence-corrected chi connectivity index (χ2v) is 10.5. The molecule has 0 heterocycles. The molecule has 6 nitrogen and oxygen atoms in total. The predicted molar refractivity (Wildman–Crippen MR) is 128 cm³/mol. The van der Waals surface area contributed by atoms with Crippen LogP contribution in [0.5, 0.6) is 0 Å². The number of nitrogens with zero attached hydrogens (tertiary/aromatic N) is 2. The van der Waals surface area contributed by atoms with Crippen molar-refractivity contribution in [3.63, 3.8) is 0 Å². The van der Waals surface area contributed by atoms with E-state index in [0.717, 1.165) is 11.3 Å². The summed E-state index contributed by atoms with van der Waals surface area (Å²) >= 11 is 6.06. The average Bonchev–Trinajstić information content (AvgIpc) is 2.71. The first-order chi connectivity index (χ1) is 14.5. The van der Waals surface area contributed by atoms with Crippen molar-refractivity contribution in [1.82, 2.24) is 4.31 Å². The third-order valence-corrected chi connectivity index (χ3v) is 7.36. The molecule has 8 heteroatoms. The topological polar surface area (TPSA) is 69.7 Å². The van der Waals surface area contributed by atoms with Gasteiger partial charge in [0.2, 0.25) is 15.9 Å². The van der Waals surface area contributed by atoms with E-state index in [1.807, 2.05) is 64.9 Å². The van der Waals surface area contributed by atoms with Gasteiger partial charge < -0.3 is 10.2 Å². The van der Waals surface area contributed by atoms with Gasteiger partial charge in [-0.2, -0.15) is 4.31 Å². The van der Waals surface area contributed by atoms with Crippen molar-refractivity contribution in [3.8, 4) is 0 Å². The van der Waals surface area contributed by atoms with Crippen LogP contribution in [0.4, 0.5) is 11.4 Å². The van der Waals surface area contributed by atoms with Crippen LogP contribution in [0.25, 0.3) is 0 Å². The quantitative estimate of drug-likeness (QED) is 0.566. The lowest BCUT2D eigenvalue weighted by Crippen LogP contribution is -2.38. The number of benzene rings is 2. The summed E-state index contributed by atoms with van der Waals surface area (Å²) in [5.74, 6) is -0.245. The lowest BCUT2D eigenvalue weighted by Gasteiger charge is -2.30. The van der Waals surface area contributed by atoms with E-state index in [-0.39, 0.29) is 29.3 Å². The fourth-order valence-electron chi connectivity index (χ4n) is 3.12.